The van der Waals surface area contributed by atoms with Crippen LogP contribution in [0.3, 0.4) is 0 Å². The van der Waals surface area contributed by atoms with Crippen molar-refractivity contribution < 1.29 is 14.5 Å². The van der Waals surface area contributed by atoms with E-state index in [4.69, 9.17) is 16.3 Å². The Morgan fingerprint density at radius 1 is 1.30 bits per heavy atom. The van der Waals surface area contributed by atoms with Gasteiger partial charge in [0.15, 0.2) is 5.75 Å². The zero-order chi connectivity index (χ0) is 20.0. The fourth-order valence-corrected chi connectivity index (χ4v) is 3.36. The maximum absolute atomic E-state index is 12.2. The number of carbonyl (C=O) groups is 1. The van der Waals surface area contributed by atoms with Crippen LogP contribution in [0, 0.1) is 10.1 Å². The van der Waals surface area contributed by atoms with Crippen LogP contribution in [0.15, 0.2) is 36.4 Å². The molecule has 0 bridgehead atoms. The minimum atomic E-state index is -0.484. The zero-order valence-corrected chi connectivity index (χ0v) is 16.8. The quantitative estimate of drug-likeness (QED) is 0.519. The van der Waals surface area contributed by atoms with E-state index >= 15 is 0 Å². The predicted molar refractivity (Wildman–Crippen MR) is 110 cm³/mol. The number of rotatable bonds is 8. The number of ether oxygens (including phenoxy) is 1. The average molecular weight is 410 g/mol. The van der Waals surface area contributed by atoms with E-state index in [1.807, 2.05) is 25.1 Å². The van der Waals surface area contributed by atoms with E-state index in [1.165, 1.54) is 24.9 Å². The minimum Gasteiger partial charge on any atom is -0.490 e. The molecule has 1 amide bonds. The van der Waals surface area contributed by atoms with Crippen LogP contribution in [-0.2, 0) is 10.5 Å². The molecule has 0 aromatic heterocycles. The first-order valence-corrected chi connectivity index (χ1v) is 9.51. The molecule has 0 saturated carbocycles. The first-order valence-electron chi connectivity index (χ1n) is 7.97. The van der Waals surface area contributed by atoms with Gasteiger partial charge >= 0.3 is 5.69 Å². The van der Waals surface area contributed by atoms with E-state index in [0.29, 0.717) is 16.5 Å². The highest BCUT2D eigenvalue weighted by atomic mass is 35.5. The van der Waals surface area contributed by atoms with Crippen molar-refractivity contribution in [2.75, 3.05) is 37.2 Å². The van der Waals surface area contributed by atoms with Crippen LogP contribution in [-0.4, -0.2) is 37.8 Å². The Balaban J connectivity index is 1.96. The predicted octanol–water partition coefficient (Wildman–Crippen LogP) is 4.19. The Hall–Kier alpha value is -2.45. The van der Waals surface area contributed by atoms with Crippen molar-refractivity contribution >= 4 is 46.3 Å². The summed E-state index contributed by atoms with van der Waals surface area (Å²) in [5.74, 6) is 0.713. The second kappa shape index (κ2) is 9.48. The van der Waals surface area contributed by atoms with Crippen molar-refractivity contribution in [3.8, 4) is 5.75 Å². The van der Waals surface area contributed by atoms with Crippen molar-refractivity contribution in [2.45, 2.75) is 5.75 Å². The maximum Gasteiger partial charge on any atom is 0.311 e. The third-order valence-electron chi connectivity index (χ3n) is 3.66. The second-order valence-corrected chi connectivity index (χ2v) is 7.28. The summed E-state index contributed by atoms with van der Waals surface area (Å²) in [6, 6.07) is 10.1. The maximum atomic E-state index is 12.2. The first-order chi connectivity index (χ1) is 12.8. The number of hydrogen-bond donors (Lipinski definition) is 1. The van der Waals surface area contributed by atoms with Crippen molar-refractivity contribution in [1.29, 1.82) is 0 Å². The van der Waals surface area contributed by atoms with Gasteiger partial charge in [0.25, 0.3) is 0 Å². The minimum absolute atomic E-state index is 0.0883. The van der Waals surface area contributed by atoms with Crippen molar-refractivity contribution in [3.05, 3.63) is 57.1 Å². The van der Waals surface area contributed by atoms with E-state index in [1.54, 1.807) is 24.3 Å². The van der Waals surface area contributed by atoms with E-state index in [-0.39, 0.29) is 23.1 Å². The molecule has 0 fully saturated rings. The summed E-state index contributed by atoms with van der Waals surface area (Å²) in [5, 5.41) is 14.5. The van der Waals surface area contributed by atoms with Crippen molar-refractivity contribution in [3.63, 3.8) is 0 Å². The van der Waals surface area contributed by atoms with Crippen LogP contribution in [0.5, 0.6) is 5.75 Å². The molecule has 0 heterocycles. The molecule has 9 heteroatoms. The lowest BCUT2D eigenvalue weighted by molar-refractivity contribution is -0.385. The summed E-state index contributed by atoms with van der Waals surface area (Å²) in [7, 11) is 5.15. The van der Waals surface area contributed by atoms with Gasteiger partial charge in [0, 0.05) is 30.9 Å². The lowest BCUT2D eigenvalue weighted by Gasteiger charge is -2.18. The zero-order valence-electron chi connectivity index (χ0n) is 15.2. The molecule has 0 unspecified atom stereocenters. The molecule has 1 N–H and O–H groups in total. The Labute approximate surface area is 166 Å². The van der Waals surface area contributed by atoms with Gasteiger partial charge in [-0.25, -0.2) is 0 Å². The summed E-state index contributed by atoms with van der Waals surface area (Å²) in [5.41, 5.74) is 2.15. The van der Waals surface area contributed by atoms with Crippen LogP contribution in [0.1, 0.15) is 5.56 Å². The number of benzene rings is 2. The van der Waals surface area contributed by atoms with Gasteiger partial charge in [-0.1, -0.05) is 17.7 Å². The van der Waals surface area contributed by atoms with Crippen LogP contribution in [0.4, 0.5) is 17.1 Å². The number of carbonyl (C=O) groups excluding carboxylic acids is 1. The Kier molecular flexibility index (Phi) is 7.32. The summed E-state index contributed by atoms with van der Waals surface area (Å²) in [6.07, 6.45) is 0. The fourth-order valence-electron chi connectivity index (χ4n) is 2.41. The lowest BCUT2D eigenvalue weighted by Crippen LogP contribution is -2.18. The summed E-state index contributed by atoms with van der Waals surface area (Å²) < 4.78 is 4.98. The molecule has 0 spiro atoms. The number of hydrogen-bond acceptors (Lipinski definition) is 6. The number of methoxy groups -OCH3 is 1. The molecule has 7 nitrogen and oxygen atoms in total. The first kappa shape index (κ1) is 20.9. The molecule has 0 radical (unpaired) electrons. The second-order valence-electron chi connectivity index (χ2n) is 5.86. The third-order valence-corrected chi connectivity index (χ3v) is 4.90. The number of nitro groups is 1. The summed E-state index contributed by atoms with van der Waals surface area (Å²) >= 11 is 7.38. The normalized spacial score (nSPS) is 10.4. The highest BCUT2D eigenvalue weighted by Crippen LogP contribution is 2.30. The van der Waals surface area contributed by atoms with E-state index in [0.717, 1.165) is 11.3 Å². The lowest BCUT2D eigenvalue weighted by atomic mass is 10.2. The van der Waals surface area contributed by atoms with E-state index in [2.05, 4.69) is 5.32 Å². The van der Waals surface area contributed by atoms with Crippen molar-refractivity contribution in [2.24, 2.45) is 0 Å². The standard InChI is InChI=1S/C18H20ClN3O4S/c1-21(2)15-6-5-13(19)9-14(15)20-18(23)11-27-10-12-4-7-17(26-3)16(8-12)22(24)25/h4-9H,10-11H2,1-3H3,(H,20,23). The van der Waals surface area contributed by atoms with E-state index in [9.17, 15) is 14.9 Å². The number of thioether (sulfide) groups is 1. The number of nitrogens with zero attached hydrogens (tertiary/aromatic N) is 2. The van der Waals surface area contributed by atoms with E-state index < -0.39 is 4.92 Å². The van der Waals surface area contributed by atoms with Crippen LogP contribution < -0.4 is 15.0 Å². The molecule has 144 valence electrons. The van der Waals surface area contributed by atoms with Gasteiger partial charge < -0.3 is 15.0 Å². The summed E-state index contributed by atoms with van der Waals surface area (Å²) in [6.45, 7) is 0. The Morgan fingerprint density at radius 2 is 2.04 bits per heavy atom. The van der Waals surface area contributed by atoms with Crippen LogP contribution in [0.2, 0.25) is 5.02 Å². The number of nitrogens with one attached hydrogen (secondary N) is 1. The fraction of sp³-hybridized carbons (Fsp3) is 0.278. The van der Waals surface area contributed by atoms with Gasteiger partial charge in [0.1, 0.15) is 0 Å². The Morgan fingerprint density at radius 3 is 2.67 bits per heavy atom. The van der Waals surface area contributed by atoms with Gasteiger partial charge in [-0.15, -0.1) is 11.8 Å². The average Bonchev–Trinajstić information content (AvgIpc) is 2.61. The molecule has 0 saturated heterocycles. The van der Waals surface area contributed by atoms with Crippen LogP contribution >= 0.6 is 23.4 Å². The molecule has 2 rings (SSSR count). The molecule has 0 atom stereocenters. The monoisotopic (exact) mass is 409 g/mol. The third kappa shape index (κ3) is 5.77. The number of anilines is 2. The summed E-state index contributed by atoms with van der Waals surface area (Å²) in [4.78, 5) is 24.7. The Bertz CT molecular complexity index is 845. The highest BCUT2D eigenvalue weighted by molar-refractivity contribution is 7.99. The molecular weight excluding hydrogens is 390 g/mol. The molecule has 27 heavy (non-hydrogen) atoms. The molecule has 0 aliphatic rings. The van der Waals surface area contributed by atoms with Gasteiger partial charge in [-0.3, -0.25) is 14.9 Å². The smallest absolute Gasteiger partial charge is 0.311 e. The van der Waals surface area contributed by atoms with Gasteiger partial charge in [-0.05, 0) is 29.8 Å². The molecular formula is C18H20ClN3O4S. The molecule has 0 aliphatic heterocycles. The number of amides is 1. The van der Waals surface area contributed by atoms with Crippen molar-refractivity contribution in [1.82, 2.24) is 0 Å². The van der Waals surface area contributed by atoms with Crippen LogP contribution in [0.25, 0.3) is 0 Å². The SMILES string of the molecule is COc1ccc(CSCC(=O)Nc2cc(Cl)ccc2N(C)C)cc1[N+](=O)[O-]. The number of nitro benzene ring substituents is 1. The van der Waals surface area contributed by atoms with Gasteiger partial charge in [0.2, 0.25) is 5.91 Å². The molecule has 2 aromatic rings. The topological polar surface area (TPSA) is 84.7 Å². The number of halogens is 1. The highest BCUT2D eigenvalue weighted by Gasteiger charge is 2.15. The molecule has 0 aliphatic carbocycles. The van der Waals surface area contributed by atoms with Gasteiger partial charge in [0.05, 0.1) is 29.2 Å². The van der Waals surface area contributed by atoms with Gasteiger partial charge in [-0.2, -0.15) is 0 Å². The molecule has 2 aromatic carbocycles. The largest absolute Gasteiger partial charge is 0.490 e.